The Balaban J connectivity index is 1.79. The number of benzene rings is 2. The third-order valence-electron chi connectivity index (χ3n) is 5.19. The van der Waals surface area contributed by atoms with Crippen LogP contribution >= 0.6 is 11.6 Å². The summed E-state index contributed by atoms with van der Waals surface area (Å²) in [4.78, 5) is 14.7. The molecule has 1 amide bonds. The topological polar surface area (TPSA) is 20.3 Å². The van der Waals surface area contributed by atoms with Gasteiger partial charge in [-0.1, -0.05) is 48.0 Å². The van der Waals surface area contributed by atoms with E-state index in [0.717, 1.165) is 24.3 Å². The molecule has 24 heavy (non-hydrogen) atoms. The molecule has 0 saturated heterocycles. The number of aryl methyl sites for hydroxylation is 1. The first-order valence-electron chi connectivity index (χ1n) is 8.53. The van der Waals surface area contributed by atoms with Crippen LogP contribution < -0.4 is 0 Å². The van der Waals surface area contributed by atoms with E-state index in [-0.39, 0.29) is 11.9 Å². The predicted molar refractivity (Wildman–Crippen MR) is 97.6 cm³/mol. The van der Waals surface area contributed by atoms with Crippen molar-refractivity contribution in [3.05, 3.63) is 75.9 Å². The highest BCUT2D eigenvalue weighted by Gasteiger charge is 2.33. The maximum Gasteiger partial charge on any atom is 0.227 e. The Morgan fingerprint density at radius 3 is 2.58 bits per heavy atom. The first-order chi connectivity index (χ1) is 11.6. The molecule has 122 valence electrons. The average molecular weight is 338 g/mol. The molecule has 0 radical (unpaired) electrons. The van der Waals surface area contributed by atoms with Crippen LogP contribution in [-0.2, 0) is 11.2 Å². The molecule has 3 heteroatoms. The van der Waals surface area contributed by atoms with Crippen molar-refractivity contribution in [2.45, 2.75) is 38.6 Å². The number of fused-ring (bicyclic) bond motifs is 2. The van der Waals surface area contributed by atoms with E-state index in [1.54, 1.807) is 0 Å². The number of allylic oxidation sites excluding steroid dienone is 2. The van der Waals surface area contributed by atoms with E-state index in [2.05, 4.69) is 31.2 Å². The van der Waals surface area contributed by atoms with Crippen LogP contribution in [0.4, 0.5) is 0 Å². The molecular weight excluding hydrogens is 318 g/mol. The molecule has 1 aliphatic carbocycles. The summed E-state index contributed by atoms with van der Waals surface area (Å²) in [6.07, 6.45) is 3.27. The van der Waals surface area contributed by atoms with Gasteiger partial charge in [0, 0.05) is 17.1 Å². The fourth-order valence-corrected chi connectivity index (χ4v) is 4.20. The summed E-state index contributed by atoms with van der Waals surface area (Å²) < 4.78 is 0. The average Bonchev–Trinajstić information content (AvgIpc) is 2.61. The van der Waals surface area contributed by atoms with Crippen LogP contribution in [0.2, 0.25) is 5.02 Å². The number of hydrogen-bond donors (Lipinski definition) is 0. The molecule has 2 aromatic rings. The number of nitrogens with zero attached hydrogens (tertiary/aromatic N) is 1. The van der Waals surface area contributed by atoms with Gasteiger partial charge in [-0.2, -0.15) is 0 Å². The normalized spacial score (nSPS) is 18.2. The highest BCUT2D eigenvalue weighted by atomic mass is 35.5. The van der Waals surface area contributed by atoms with Crippen LogP contribution in [0.25, 0.3) is 5.57 Å². The highest BCUT2D eigenvalue weighted by Crippen LogP contribution is 2.42. The van der Waals surface area contributed by atoms with Crippen molar-refractivity contribution >= 4 is 23.1 Å². The van der Waals surface area contributed by atoms with Gasteiger partial charge < -0.3 is 4.90 Å². The van der Waals surface area contributed by atoms with Gasteiger partial charge in [0.15, 0.2) is 0 Å². The Morgan fingerprint density at radius 2 is 1.79 bits per heavy atom. The smallest absolute Gasteiger partial charge is 0.227 e. The third-order valence-corrected chi connectivity index (χ3v) is 5.42. The largest absolute Gasteiger partial charge is 0.309 e. The molecule has 0 unspecified atom stereocenters. The van der Waals surface area contributed by atoms with Crippen LogP contribution in [0, 0.1) is 0 Å². The number of amides is 1. The second-order valence-electron chi connectivity index (χ2n) is 6.58. The molecule has 0 N–H and O–H groups in total. The second-order valence-corrected chi connectivity index (χ2v) is 7.01. The Kier molecular flexibility index (Phi) is 3.93. The molecule has 0 saturated carbocycles. The van der Waals surface area contributed by atoms with Gasteiger partial charge in [-0.05, 0) is 60.6 Å². The molecule has 2 aliphatic rings. The van der Waals surface area contributed by atoms with Crippen molar-refractivity contribution in [2.75, 3.05) is 0 Å². The second kappa shape index (κ2) is 6.10. The standard InChI is InChI=1S/C21H20ClNO/c1-14(15-5-3-2-4-6-15)23-20-11-7-16-13-17(22)8-9-18(16)19(20)10-12-21(23)24/h2-6,8-9,13-14H,7,10-12H2,1H3/t14-/m0/s1. The van der Waals surface area contributed by atoms with Gasteiger partial charge >= 0.3 is 0 Å². The summed E-state index contributed by atoms with van der Waals surface area (Å²) in [6.45, 7) is 2.13. The lowest BCUT2D eigenvalue weighted by Crippen LogP contribution is -2.37. The fraction of sp³-hybridized carbons (Fsp3) is 0.286. The number of carbonyl (C=O) groups is 1. The molecule has 0 fully saturated rings. The molecule has 0 spiro atoms. The number of halogens is 1. The summed E-state index contributed by atoms with van der Waals surface area (Å²) in [5.41, 5.74) is 6.30. The third kappa shape index (κ3) is 2.55. The minimum Gasteiger partial charge on any atom is -0.309 e. The van der Waals surface area contributed by atoms with Gasteiger partial charge in [0.2, 0.25) is 5.91 Å². The minimum atomic E-state index is 0.0675. The first-order valence-corrected chi connectivity index (χ1v) is 8.91. The summed E-state index contributed by atoms with van der Waals surface area (Å²) >= 11 is 6.15. The van der Waals surface area contributed by atoms with Gasteiger partial charge in [0.25, 0.3) is 0 Å². The van der Waals surface area contributed by atoms with Gasteiger partial charge in [0.05, 0.1) is 6.04 Å². The van der Waals surface area contributed by atoms with Crippen LogP contribution in [0.1, 0.15) is 48.9 Å². The Hall–Kier alpha value is -2.06. The molecule has 0 bridgehead atoms. The zero-order valence-electron chi connectivity index (χ0n) is 13.8. The molecular formula is C21H20ClNO. The van der Waals surface area contributed by atoms with Gasteiger partial charge in [0.1, 0.15) is 0 Å². The Bertz CT molecular complexity index is 825. The lowest BCUT2D eigenvalue weighted by atomic mass is 9.83. The van der Waals surface area contributed by atoms with Gasteiger partial charge in [-0.3, -0.25) is 4.79 Å². The van der Waals surface area contributed by atoms with Crippen molar-refractivity contribution in [1.82, 2.24) is 4.90 Å². The highest BCUT2D eigenvalue weighted by molar-refractivity contribution is 6.30. The molecule has 2 nitrogen and oxygen atoms in total. The van der Waals surface area contributed by atoms with Crippen molar-refractivity contribution < 1.29 is 4.79 Å². The summed E-state index contributed by atoms with van der Waals surface area (Å²) in [6, 6.07) is 16.5. The zero-order chi connectivity index (χ0) is 16.7. The summed E-state index contributed by atoms with van der Waals surface area (Å²) in [5, 5.41) is 0.791. The van der Waals surface area contributed by atoms with E-state index in [0.29, 0.717) is 6.42 Å². The fourth-order valence-electron chi connectivity index (χ4n) is 4.00. The number of hydrogen-bond acceptors (Lipinski definition) is 1. The SMILES string of the molecule is C[C@@H](c1ccccc1)N1C(=O)CCC2=C1CCc1cc(Cl)ccc12. The van der Waals surface area contributed by atoms with Crippen LogP contribution in [0.3, 0.4) is 0 Å². The van der Waals surface area contributed by atoms with E-state index in [4.69, 9.17) is 11.6 Å². The Labute approximate surface area is 147 Å². The van der Waals surface area contributed by atoms with Crippen molar-refractivity contribution in [3.8, 4) is 0 Å². The maximum absolute atomic E-state index is 12.7. The first kappa shape index (κ1) is 15.5. The van der Waals surface area contributed by atoms with E-state index >= 15 is 0 Å². The molecule has 1 heterocycles. The van der Waals surface area contributed by atoms with E-state index in [9.17, 15) is 4.79 Å². The van der Waals surface area contributed by atoms with Crippen molar-refractivity contribution in [1.29, 1.82) is 0 Å². The lowest BCUT2D eigenvalue weighted by molar-refractivity contribution is -0.131. The van der Waals surface area contributed by atoms with Crippen molar-refractivity contribution in [3.63, 3.8) is 0 Å². The van der Waals surface area contributed by atoms with E-state index in [1.807, 2.05) is 29.2 Å². The van der Waals surface area contributed by atoms with Crippen molar-refractivity contribution in [2.24, 2.45) is 0 Å². The van der Waals surface area contributed by atoms with Gasteiger partial charge in [-0.15, -0.1) is 0 Å². The zero-order valence-corrected chi connectivity index (χ0v) is 14.5. The van der Waals surface area contributed by atoms with Crippen LogP contribution in [0.15, 0.2) is 54.2 Å². The minimum absolute atomic E-state index is 0.0675. The summed E-state index contributed by atoms with van der Waals surface area (Å²) in [7, 11) is 0. The van der Waals surface area contributed by atoms with Crippen LogP contribution in [-0.4, -0.2) is 10.8 Å². The number of rotatable bonds is 2. The molecule has 1 atom stereocenters. The molecule has 4 rings (SSSR count). The maximum atomic E-state index is 12.7. The molecule has 2 aromatic carbocycles. The Morgan fingerprint density at radius 1 is 1.00 bits per heavy atom. The molecule has 0 aromatic heterocycles. The molecule has 1 aliphatic heterocycles. The monoisotopic (exact) mass is 337 g/mol. The van der Waals surface area contributed by atoms with E-state index in [1.165, 1.54) is 28.0 Å². The lowest BCUT2D eigenvalue weighted by Gasteiger charge is -2.39. The number of carbonyl (C=O) groups excluding carboxylic acids is 1. The van der Waals surface area contributed by atoms with E-state index < -0.39 is 0 Å². The van der Waals surface area contributed by atoms with Crippen LogP contribution in [0.5, 0.6) is 0 Å². The predicted octanol–water partition coefficient (Wildman–Crippen LogP) is 5.38. The quantitative estimate of drug-likeness (QED) is 0.720. The summed E-state index contributed by atoms with van der Waals surface area (Å²) in [5.74, 6) is 0.238. The van der Waals surface area contributed by atoms with Gasteiger partial charge in [-0.25, -0.2) is 0 Å².